The van der Waals surface area contributed by atoms with Crippen LogP contribution in [0, 0.1) is 6.92 Å². The third kappa shape index (κ3) is 5.90. The molecule has 6 nitrogen and oxygen atoms in total. The number of nitrogens with one attached hydrogen (secondary N) is 1. The Bertz CT molecular complexity index is 702. The number of hydrogen-bond acceptors (Lipinski definition) is 6. The number of rotatable bonds is 7. The van der Waals surface area contributed by atoms with Gasteiger partial charge in [0.1, 0.15) is 12.4 Å². The first-order valence-electron chi connectivity index (χ1n) is 7.20. The second-order valence-corrected chi connectivity index (χ2v) is 6.82. The van der Waals surface area contributed by atoms with Gasteiger partial charge in [-0.3, -0.25) is 9.59 Å². The predicted molar refractivity (Wildman–Crippen MR) is 93.0 cm³/mol. The van der Waals surface area contributed by atoms with Crippen LogP contribution in [0.3, 0.4) is 0 Å². The van der Waals surface area contributed by atoms with Gasteiger partial charge < -0.3 is 14.6 Å². The first kappa shape index (κ1) is 18.4. The fraction of sp³-hybridized carbons (Fsp3) is 0.312. The zero-order chi connectivity index (χ0) is 17.5. The largest absolute Gasteiger partial charge is 0.460 e. The van der Waals surface area contributed by atoms with E-state index in [0.717, 1.165) is 5.56 Å². The molecule has 2 aromatic rings. The number of hydrogen-bond donors (Lipinski definition) is 1. The Morgan fingerprint density at radius 3 is 2.71 bits per heavy atom. The summed E-state index contributed by atoms with van der Waals surface area (Å²) in [5.74, 6) is 0.414. The van der Waals surface area contributed by atoms with Crippen molar-refractivity contribution in [1.82, 2.24) is 5.16 Å². The Balaban J connectivity index is 1.70. The lowest BCUT2D eigenvalue weighted by Crippen LogP contribution is -2.24. The number of carbonyl (C=O) groups is 2. The minimum atomic E-state index is -0.426. The molecule has 0 unspecified atom stereocenters. The fourth-order valence-electron chi connectivity index (χ4n) is 1.71. The van der Waals surface area contributed by atoms with Crippen LogP contribution >= 0.6 is 23.4 Å². The minimum absolute atomic E-state index is 0.0834. The first-order valence-corrected chi connectivity index (χ1v) is 8.62. The van der Waals surface area contributed by atoms with Crippen molar-refractivity contribution in [3.05, 3.63) is 46.7 Å². The molecule has 1 atom stereocenters. The maximum absolute atomic E-state index is 12.0. The summed E-state index contributed by atoms with van der Waals surface area (Å²) in [6.07, 6.45) is 0. The van der Waals surface area contributed by atoms with Gasteiger partial charge >= 0.3 is 5.97 Å². The predicted octanol–water partition coefficient (Wildman–Crippen LogP) is 3.44. The van der Waals surface area contributed by atoms with Crippen molar-refractivity contribution in [2.45, 2.75) is 25.7 Å². The van der Waals surface area contributed by atoms with E-state index in [0.29, 0.717) is 16.6 Å². The maximum Gasteiger partial charge on any atom is 0.316 e. The zero-order valence-corrected chi connectivity index (χ0v) is 14.8. The quantitative estimate of drug-likeness (QED) is 0.754. The lowest BCUT2D eigenvalue weighted by Gasteiger charge is -2.10. The smallest absolute Gasteiger partial charge is 0.316 e. The second kappa shape index (κ2) is 8.75. The van der Waals surface area contributed by atoms with E-state index in [9.17, 15) is 9.59 Å². The van der Waals surface area contributed by atoms with Gasteiger partial charge in [-0.25, -0.2) is 0 Å². The van der Waals surface area contributed by atoms with E-state index in [1.165, 1.54) is 11.8 Å². The Morgan fingerprint density at radius 1 is 1.38 bits per heavy atom. The van der Waals surface area contributed by atoms with E-state index in [2.05, 4.69) is 10.5 Å². The molecule has 0 saturated heterocycles. The monoisotopic (exact) mass is 368 g/mol. The number of halogens is 1. The van der Waals surface area contributed by atoms with E-state index >= 15 is 0 Å². The van der Waals surface area contributed by atoms with Crippen LogP contribution in [-0.4, -0.2) is 28.0 Å². The third-order valence-corrected chi connectivity index (χ3v) is 4.38. The standard InChI is InChI=1S/C16H17ClN2O4S/c1-10-7-14(19-23-10)18-16(21)11(2)24-9-15(20)22-8-12-3-5-13(17)6-4-12/h3-7,11H,8-9H2,1-2H3,(H,18,19,21)/t11-/m0/s1. The summed E-state index contributed by atoms with van der Waals surface area (Å²) in [6, 6.07) is 8.67. The van der Waals surface area contributed by atoms with Crippen molar-refractivity contribution in [1.29, 1.82) is 0 Å². The summed E-state index contributed by atoms with van der Waals surface area (Å²) < 4.78 is 10.0. The molecule has 0 aliphatic rings. The van der Waals surface area contributed by atoms with Crippen molar-refractivity contribution in [2.24, 2.45) is 0 Å². The number of amides is 1. The van der Waals surface area contributed by atoms with Crippen LogP contribution in [0.4, 0.5) is 5.82 Å². The molecule has 0 radical (unpaired) electrons. The molecule has 0 spiro atoms. The third-order valence-electron chi connectivity index (χ3n) is 3.01. The van der Waals surface area contributed by atoms with Gasteiger partial charge in [0.25, 0.3) is 0 Å². The minimum Gasteiger partial charge on any atom is -0.460 e. The van der Waals surface area contributed by atoms with E-state index in [1.807, 2.05) is 0 Å². The highest BCUT2D eigenvalue weighted by atomic mass is 35.5. The summed E-state index contributed by atoms with van der Waals surface area (Å²) >= 11 is 6.98. The molecule has 2 rings (SSSR count). The summed E-state index contributed by atoms with van der Waals surface area (Å²) in [4.78, 5) is 23.7. The van der Waals surface area contributed by atoms with E-state index in [-0.39, 0.29) is 24.2 Å². The average molecular weight is 369 g/mol. The van der Waals surface area contributed by atoms with E-state index in [1.54, 1.807) is 44.2 Å². The van der Waals surface area contributed by atoms with Crippen LogP contribution in [0.15, 0.2) is 34.9 Å². The van der Waals surface area contributed by atoms with Crippen molar-refractivity contribution in [2.75, 3.05) is 11.1 Å². The van der Waals surface area contributed by atoms with Gasteiger partial charge in [-0.15, -0.1) is 11.8 Å². The maximum atomic E-state index is 12.0. The van der Waals surface area contributed by atoms with Gasteiger partial charge in [-0.05, 0) is 31.5 Å². The highest BCUT2D eigenvalue weighted by molar-refractivity contribution is 8.01. The summed E-state index contributed by atoms with van der Waals surface area (Å²) in [5.41, 5.74) is 0.852. The Kier molecular flexibility index (Phi) is 6.69. The van der Waals surface area contributed by atoms with Crippen molar-refractivity contribution in [3.63, 3.8) is 0 Å². The number of ether oxygens (including phenoxy) is 1. The number of anilines is 1. The number of carbonyl (C=O) groups excluding carboxylic acids is 2. The molecule has 1 N–H and O–H groups in total. The Labute approximate surface area is 148 Å². The van der Waals surface area contributed by atoms with Crippen LogP contribution in [0.2, 0.25) is 5.02 Å². The number of thioether (sulfide) groups is 1. The van der Waals surface area contributed by atoms with Gasteiger partial charge in [-0.1, -0.05) is 28.9 Å². The molecule has 1 amide bonds. The molecule has 0 saturated carbocycles. The van der Waals surface area contributed by atoms with Gasteiger partial charge in [0.05, 0.1) is 11.0 Å². The van der Waals surface area contributed by atoms with Crippen LogP contribution in [-0.2, 0) is 20.9 Å². The van der Waals surface area contributed by atoms with Gasteiger partial charge in [0.15, 0.2) is 5.82 Å². The van der Waals surface area contributed by atoms with Gasteiger partial charge in [-0.2, -0.15) is 0 Å². The highest BCUT2D eigenvalue weighted by Crippen LogP contribution is 2.15. The molecule has 128 valence electrons. The molecule has 8 heteroatoms. The molecule has 0 aliphatic carbocycles. The fourth-order valence-corrected chi connectivity index (χ4v) is 2.51. The molecule has 1 aromatic carbocycles. The van der Waals surface area contributed by atoms with Crippen LogP contribution < -0.4 is 5.32 Å². The summed E-state index contributed by atoms with van der Waals surface area (Å²) in [7, 11) is 0. The molecule has 0 bridgehead atoms. The van der Waals surface area contributed by atoms with Crippen molar-refractivity contribution < 1.29 is 18.8 Å². The van der Waals surface area contributed by atoms with Gasteiger partial charge in [0, 0.05) is 11.1 Å². The van der Waals surface area contributed by atoms with Gasteiger partial charge in [0.2, 0.25) is 5.91 Å². The van der Waals surface area contributed by atoms with Crippen LogP contribution in [0.25, 0.3) is 0 Å². The van der Waals surface area contributed by atoms with Crippen LogP contribution in [0.1, 0.15) is 18.2 Å². The first-order chi connectivity index (χ1) is 11.4. The molecular weight excluding hydrogens is 352 g/mol. The highest BCUT2D eigenvalue weighted by Gasteiger charge is 2.17. The zero-order valence-electron chi connectivity index (χ0n) is 13.2. The molecule has 0 aliphatic heterocycles. The topological polar surface area (TPSA) is 81.4 Å². The molecular formula is C16H17ClN2O4S. The number of aromatic nitrogens is 1. The van der Waals surface area contributed by atoms with E-state index < -0.39 is 5.25 Å². The Morgan fingerprint density at radius 2 is 2.08 bits per heavy atom. The van der Waals surface area contributed by atoms with Crippen molar-refractivity contribution in [3.8, 4) is 0 Å². The molecule has 1 heterocycles. The SMILES string of the molecule is Cc1cc(NC(=O)[C@H](C)SCC(=O)OCc2ccc(Cl)cc2)no1. The summed E-state index contributed by atoms with van der Waals surface area (Å²) in [6.45, 7) is 3.62. The van der Waals surface area contributed by atoms with E-state index in [4.69, 9.17) is 20.9 Å². The molecule has 24 heavy (non-hydrogen) atoms. The normalized spacial score (nSPS) is 11.8. The second-order valence-electron chi connectivity index (χ2n) is 5.05. The lowest BCUT2D eigenvalue weighted by molar-refractivity contribution is -0.141. The van der Waals surface area contributed by atoms with Crippen LogP contribution in [0.5, 0.6) is 0 Å². The molecule has 0 fully saturated rings. The Hall–Kier alpha value is -1.99. The number of aryl methyl sites for hydroxylation is 1. The van der Waals surface area contributed by atoms with Crippen molar-refractivity contribution >= 4 is 41.1 Å². The number of nitrogens with zero attached hydrogens (tertiary/aromatic N) is 1. The lowest BCUT2D eigenvalue weighted by atomic mass is 10.2. The average Bonchev–Trinajstić information content (AvgIpc) is 2.96. The molecule has 1 aromatic heterocycles. The summed E-state index contributed by atoms with van der Waals surface area (Å²) in [5, 5.41) is 6.51. The number of benzene rings is 1. The number of esters is 1.